The summed E-state index contributed by atoms with van der Waals surface area (Å²) in [4.78, 5) is 11.6. The van der Waals surface area contributed by atoms with Gasteiger partial charge in [0.15, 0.2) is 0 Å². The molecule has 0 radical (unpaired) electrons. The third-order valence-electron chi connectivity index (χ3n) is 2.34. The van der Waals surface area contributed by atoms with Crippen LogP contribution in [0.25, 0.3) is 0 Å². The van der Waals surface area contributed by atoms with Gasteiger partial charge >= 0.3 is 0 Å². The van der Waals surface area contributed by atoms with Gasteiger partial charge < -0.3 is 10.6 Å². The fourth-order valence-corrected chi connectivity index (χ4v) is 1.30. The van der Waals surface area contributed by atoms with Crippen LogP contribution in [0.3, 0.4) is 0 Å². The topological polar surface area (TPSA) is 41.1 Å². The van der Waals surface area contributed by atoms with Crippen molar-refractivity contribution >= 4 is 5.91 Å². The fourth-order valence-electron chi connectivity index (χ4n) is 1.30. The predicted molar refractivity (Wildman–Crippen MR) is 60.2 cm³/mol. The minimum atomic E-state index is 0.118. The first-order valence-corrected chi connectivity index (χ1v) is 5.54. The molecular formula is C11H24N2O. The highest BCUT2D eigenvalue weighted by molar-refractivity contribution is 5.78. The van der Waals surface area contributed by atoms with E-state index in [4.69, 9.17) is 0 Å². The molecular weight excluding hydrogens is 176 g/mol. The second-order valence-corrected chi connectivity index (χ2v) is 4.14. The minimum absolute atomic E-state index is 0.118. The molecule has 0 aliphatic heterocycles. The molecule has 0 aliphatic rings. The first-order valence-electron chi connectivity index (χ1n) is 5.54. The molecule has 0 saturated carbocycles. The molecule has 0 fully saturated rings. The summed E-state index contributed by atoms with van der Waals surface area (Å²) in [5.41, 5.74) is 0. The number of carbonyl (C=O) groups excluding carboxylic acids is 1. The number of rotatable bonds is 7. The Hall–Kier alpha value is -0.570. The lowest BCUT2D eigenvalue weighted by molar-refractivity contribution is -0.124. The molecule has 3 heteroatoms. The van der Waals surface area contributed by atoms with Gasteiger partial charge in [-0.3, -0.25) is 4.79 Å². The quantitative estimate of drug-likeness (QED) is 0.652. The summed E-state index contributed by atoms with van der Waals surface area (Å²) in [5.74, 6) is 0.953. The van der Waals surface area contributed by atoms with Crippen LogP contribution >= 0.6 is 0 Å². The number of carbonyl (C=O) groups is 1. The molecule has 3 nitrogen and oxygen atoms in total. The van der Waals surface area contributed by atoms with Gasteiger partial charge in [-0.1, -0.05) is 20.8 Å². The summed E-state index contributed by atoms with van der Waals surface area (Å²) in [7, 11) is 1.88. The molecule has 0 bridgehead atoms. The molecule has 0 aromatic rings. The summed E-state index contributed by atoms with van der Waals surface area (Å²) in [5, 5.41) is 6.01. The molecule has 0 heterocycles. The second kappa shape index (κ2) is 7.80. The van der Waals surface area contributed by atoms with Crippen LogP contribution < -0.4 is 10.6 Å². The van der Waals surface area contributed by atoms with Crippen molar-refractivity contribution in [2.45, 2.75) is 33.6 Å². The SMILES string of the molecule is CCC(CNC)C(=O)NCCC(C)C. The predicted octanol–water partition coefficient (Wildman–Crippen LogP) is 1.39. The van der Waals surface area contributed by atoms with Crippen molar-refractivity contribution in [3.63, 3.8) is 0 Å². The highest BCUT2D eigenvalue weighted by atomic mass is 16.1. The molecule has 0 aliphatic carbocycles. The number of nitrogens with one attached hydrogen (secondary N) is 2. The van der Waals surface area contributed by atoms with Crippen LogP contribution in [0.1, 0.15) is 33.6 Å². The standard InChI is InChI=1S/C11H24N2O/c1-5-10(8-12-4)11(14)13-7-6-9(2)3/h9-10,12H,5-8H2,1-4H3,(H,13,14). The van der Waals surface area contributed by atoms with Crippen LogP contribution in [0.15, 0.2) is 0 Å². The first kappa shape index (κ1) is 13.4. The normalized spacial score (nSPS) is 12.9. The van der Waals surface area contributed by atoms with Crippen LogP contribution in [-0.4, -0.2) is 26.0 Å². The summed E-state index contributed by atoms with van der Waals surface area (Å²) < 4.78 is 0. The van der Waals surface area contributed by atoms with Crippen molar-refractivity contribution in [1.82, 2.24) is 10.6 Å². The van der Waals surface area contributed by atoms with Crippen molar-refractivity contribution in [1.29, 1.82) is 0 Å². The van der Waals surface area contributed by atoms with E-state index in [1.54, 1.807) is 0 Å². The van der Waals surface area contributed by atoms with Crippen LogP contribution in [-0.2, 0) is 4.79 Å². The monoisotopic (exact) mass is 200 g/mol. The van der Waals surface area contributed by atoms with Crippen LogP contribution in [0.4, 0.5) is 0 Å². The van der Waals surface area contributed by atoms with E-state index >= 15 is 0 Å². The van der Waals surface area contributed by atoms with Crippen molar-refractivity contribution < 1.29 is 4.79 Å². The zero-order valence-electron chi connectivity index (χ0n) is 9.89. The van der Waals surface area contributed by atoms with Gasteiger partial charge in [0.25, 0.3) is 0 Å². The Kier molecular flexibility index (Phi) is 7.48. The highest BCUT2D eigenvalue weighted by Gasteiger charge is 2.14. The third-order valence-corrected chi connectivity index (χ3v) is 2.34. The average molecular weight is 200 g/mol. The van der Waals surface area contributed by atoms with E-state index in [9.17, 15) is 4.79 Å². The molecule has 2 N–H and O–H groups in total. The van der Waals surface area contributed by atoms with Gasteiger partial charge in [-0.15, -0.1) is 0 Å². The summed E-state index contributed by atoms with van der Waals surface area (Å²) in [6.07, 6.45) is 1.95. The van der Waals surface area contributed by atoms with E-state index in [-0.39, 0.29) is 11.8 Å². The van der Waals surface area contributed by atoms with Crippen LogP contribution in [0, 0.1) is 11.8 Å². The molecule has 0 saturated heterocycles. The lowest BCUT2D eigenvalue weighted by Crippen LogP contribution is -2.36. The van der Waals surface area contributed by atoms with Gasteiger partial charge in [0.2, 0.25) is 5.91 Å². The van der Waals surface area contributed by atoms with Crippen molar-refractivity contribution in [3.05, 3.63) is 0 Å². The van der Waals surface area contributed by atoms with E-state index in [1.807, 2.05) is 14.0 Å². The Labute approximate surface area is 87.6 Å². The van der Waals surface area contributed by atoms with Crippen molar-refractivity contribution in [2.75, 3.05) is 20.1 Å². The van der Waals surface area contributed by atoms with Gasteiger partial charge in [0, 0.05) is 13.1 Å². The fraction of sp³-hybridized carbons (Fsp3) is 0.909. The molecule has 0 spiro atoms. The van der Waals surface area contributed by atoms with E-state index < -0.39 is 0 Å². The van der Waals surface area contributed by atoms with E-state index in [0.717, 1.165) is 25.9 Å². The van der Waals surface area contributed by atoms with Gasteiger partial charge in [-0.2, -0.15) is 0 Å². The molecule has 0 aromatic heterocycles. The van der Waals surface area contributed by atoms with Gasteiger partial charge in [0.05, 0.1) is 5.92 Å². The van der Waals surface area contributed by atoms with Crippen LogP contribution in [0.2, 0.25) is 0 Å². The first-order chi connectivity index (χ1) is 6.61. The number of hydrogen-bond acceptors (Lipinski definition) is 2. The lowest BCUT2D eigenvalue weighted by atomic mass is 10.1. The Morgan fingerprint density at radius 1 is 1.36 bits per heavy atom. The Morgan fingerprint density at radius 3 is 2.43 bits per heavy atom. The van der Waals surface area contributed by atoms with Crippen LogP contribution in [0.5, 0.6) is 0 Å². The Morgan fingerprint density at radius 2 is 2.00 bits per heavy atom. The molecule has 1 atom stereocenters. The zero-order chi connectivity index (χ0) is 11.0. The molecule has 1 unspecified atom stereocenters. The molecule has 84 valence electrons. The van der Waals surface area contributed by atoms with Crippen molar-refractivity contribution in [2.24, 2.45) is 11.8 Å². The van der Waals surface area contributed by atoms with E-state index in [1.165, 1.54) is 0 Å². The summed E-state index contributed by atoms with van der Waals surface area (Å²) >= 11 is 0. The highest BCUT2D eigenvalue weighted by Crippen LogP contribution is 2.02. The smallest absolute Gasteiger partial charge is 0.224 e. The largest absolute Gasteiger partial charge is 0.356 e. The summed E-state index contributed by atoms with van der Waals surface area (Å²) in [6.45, 7) is 7.94. The number of amides is 1. The zero-order valence-corrected chi connectivity index (χ0v) is 9.89. The number of hydrogen-bond donors (Lipinski definition) is 2. The van der Waals surface area contributed by atoms with Gasteiger partial charge in [-0.25, -0.2) is 0 Å². The van der Waals surface area contributed by atoms with E-state index in [2.05, 4.69) is 24.5 Å². The maximum absolute atomic E-state index is 11.6. The molecule has 0 aromatic carbocycles. The average Bonchev–Trinajstić information content (AvgIpc) is 2.13. The summed E-state index contributed by atoms with van der Waals surface area (Å²) in [6, 6.07) is 0. The molecule has 0 rings (SSSR count). The van der Waals surface area contributed by atoms with Crippen molar-refractivity contribution in [3.8, 4) is 0 Å². The Balaban J connectivity index is 3.69. The third kappa shape index (κ3) is 5.97. The maximum atomic E-state index is 11.6. The van der Waals surface area contributed by atoms with Gasteiger partial charge in [0.1, 0.15) is 0 Å². The Bertz CT molecular complexity index is 157. The maximum Gasteiger partial charge on any atom is 0.224 e. The molecule has 1 amide bonds. The lowest BCUT2D eigenvalue weighted by Gasteiger charge is -2.14. The minimum Gasteiger partial charge on any atom is -0.356 e. The van der Waals surface area contributed by atoms with Gasteiger partial charge in [-0.05, 0) is 25.8 Å². The molecule has 14 heavy (non-hydrogen) atoms. The van der Waals surface area contributed by atoms with E-state index in [0.29, 0.717) is 5.92 Å². The second-order valence-electron chi connectivity index (χ2n) is 4.14.